The number of pyridine rings is 1. The highest BCUT2D eigenvalue weighted by Gasteiger charge is 2.41. The molecule has 1 aliphatic carbocycles. The van der Waals surface area contributed by atoms with Gasteiger partial charge in [-0.05, 0) is 38.2 Å². The smallest absolute Gasteiger partial charge is 0.408 e. The molecule has 0 saturated heterocycles. The first-order valence-corrected chi connectivity index (χ1v) is 9.82. The third-order valence-corrected chi connectivity index (χ3v) is 5.28. The summed E-state index contributed by atoms with van der Waals surface area (Å²) in [5.74, 6) is 0.990. The number of carbonyl (C=O) groups excluding carboxylic acids is 1. The number of H-pyrrole nitrogens is 1. The predicted molar refractivity (Wildman–Crippen MR) is 101 cm³/mol. The Morgan fingerprint density at radius 2 is 2.03 bits per heavy atom. The van der Waals surface area contributed by atoms with Crippen LogP contribution < -0.4 is 15.4 Å². The molecule has 2 aromatic rings. The summed E-state index contributed by atoms with van der Waals surface area (Å²) in [4.78, 5) is 16.1. The summed E-state index contributed by atoms with van der Waals surface area (Å²) in [6, 6.07) is 3.27. The molecule has 4 rings (SSSR count). The number of amides is 1. The van der Waals surface area contributed by atoms with Crippen molar-refractivity contribution in [1.82, 2.24) is 20.5 Å². The molecule has 11 heteroatoms. The Labute approximate surface area is 170 Å². The van der Waals surface area contributed by atoms with Crippen molar-refractivity contribution < 1.29 is 27.4 Å². The molecule has 1 amide bonds. The number of ether oxygens (including phenoxy) is 2. The number of carbonyl (C=O) groups is 1. The van der Waals surface area contributed by atoms with E-state index >= 15 is 0 Å². The molecule has 6 bridgehead atoms. The Hall–Kier alpha value is -2.98. The van der Waals surface area contributed by atoms with Crippen LogP contribution in [0.1, 0.15) is 43.7 Å². The molecule has 1 saturated carbocycles. The second kappa shape index (κ2) is 8.41. The van der Waals surface area contributed by atoms with E-state index in [1.807, 2.05) is 11.4 Å². The summed E-state index contributed by atoms with van der Waals surface area (Å²) >= 11 is 0. The van der Waals surface area contributed by atoms with E-state index in [4.69, 9.17) is 9.47 Å². The highest BCUT2D eigenvalue weighted by atomic mass is 19.4. The number of alkyl carbamates (subject to hydrolysis) is 1. The van der Waals surface area contributed by atoms with E-state index in [0.29, 0.717) is 24.3 Å². The lowest BCUT2D eigenvalue weighted by Gasteiger charge is -2.22. The summed E-state index contributed by atoms with van der Waals surface area (Å²) in [6.07, 6.45) is -2.91. The van der Waals surface area contributed by atoms with Gasteiger partial charge in [0, 0.05) is 35.6 Å². The third-order valence-electron chi connectivity index (χ3n) is 5.28. The Balaban J connectivity index is 1.54. The number of fused-ring (bicyclic) bond motifs is 7. The Bertz CT molecular complexity index is 888. The van der Waals surface area contributed by atoms with Crippen LogP contribution >= 0.6 is 0 Å². The molecule has 1 aliphatic heterocycles. The van der Waals surface area contributed by atoms with Gasteiger partial charge in [-0.15, -0.1) is 0 Å². The van der Waals surface area contributed by atoms with Crippen LogP contribution in [0.3, 0.4) is 0 Å². The lowest BCUT2D eigenvalue weighted by molar-refractivity contribution is -0.156. The van der Waals surface area contributed by atoms with Gasteiger partial charge in [-0.2, -0.15) is 18.3 Å². The molecule has 1 fully saturated rings. The molecule has 30 heavy (non-hydrogen) atoms. The first kappa shape index (κ1) is 20.3. The van der Waals surface area contributed by atoms with E-state index in [1.54, 1.807) is 18.3 Å². The summed E-state index contributed by atoms with van der Waals surface area (Å²) in [6.45, 7) is 0.0244. The van der Waals surface area contributed by atoms with Gasteiger partial charge >= 0.3 is 12.3 Å². The van der Waals surface area contributed by atoms with Crippen molar-refractivity contribution in [2.45, 2.75) is 56.3 Å². The van der Waals surface area contributed by atoms with Crippen LogP contribution in [0.25, 0.3) is 0 Å². The number of aromatic amines is 1. The van der Waals surface area contributed by atoms with E-state index in [-0.39, 0.29) is 31.2 Å². The second-order valence-corrected chi connectivity index (χ2v) is 7.48. The standard InChI is InChI=1S/C19H22F3N5O3/c20-19(21,22)15-2-1-7-29-17-9-12(5-6-23-17)24-16-10-14(26-27-16)11-3-4-13(8-11)30-18(28)25-15/h5-6,9-11,13,15H,1-4,7-8H2,(H,25,28)(H2,24,26,27)/t11-,13+,15-/m0/s1. The molecule has 3 heterocycles. The summed E-state index contributed by atoms with van der Waals surface area (Å²) in [5, 5.41) is 12.4. The van der Waals surface area contributed by atoms with E-state index in [1.165, 1.54) is 0 Å². The van der Waals surface area contributed by atoms with Gasteiger partial charge in [0.05, 0.1) is 6.61 Å². The highest BCUT2D eigenvalue weighted by molar-refractivity contribution is 5.68. The van der Waals surface area contributed by atoms with Crippen LogP contribution in [0, 0.1) is 0 Å². The lowest BCUT2D eigenvalue weighted by atomic mass is 10.0. The van der Waals surface area contributed by atoms with Gasteiger partial charge in [-0.1, -0.05) is 0 Å². The number of rotatable bonds is 0. The fourth-order valence-corrected chi connectivity index (χ4v) is 3.76. The van der Waals surface area contributed by atoms with Crippen molar-refractivity contribution in [1.29, 1.82) is 0 Å². The minimum Gasteiger partial charge on any atom is -0.478 e. The molecule has 0 aromatic carbocycles. The molecule has 0 spiro atoms. The zero-order valence-corrected chi connectivity index (χ0v) is 16.0. The van der Waals surface area contributed by atoms with Crippen molar-refractivity contribution in [3.05, 3.63) is 30.1 Å². The molecule has 2 aromatic heterocycles. The average molecular weight is 425 g/mol. The molecule has 3 atom stereocenters. The quantitative estimate of drug-likeness (QED) is 0.590. The molecule has 8 nitrogen and oxygen atoms in total. The van der Waals surface area contributed by atoms with E-state index in [0.717, 1.165) is 12.1 Å². The number of anilines is 2. The maximum absolute atomic E-state index is 13.3. The van der Waals surface area contributed by atoms with Gasteiger partial charge in [0.1, 0.15) is 12.1 Å². The van der Waals surface area contributed by atoms with Crippen molar-refractivity contribution in [3.8, 4) is 5.88 Å². The van der Waals surface area contributed by atoms with Crippen LogP contribution in [0.5, 0.6) is 5.88 Å². The number of hydrogen-bond donors (Lipinski definition) is 3. The minimum atomic E-state index is -4.58. The van der Waals surface area contributed by atoms with Crippen LogP contribution in [0.4, 0.5) is 29.5 Å². The Kier molecular flexibility index (Phi) is 5.69. The number of hydrogen-bond acceptors (Lipinski definition) is 6. The Morgan fingerprint density at radius 1 is 1.17 bits per heavy atom. The molecule has 0 unspecified atom stereocenters. The van der Waals surface area contributed by atoms with Crippen LogP contribution in [-0.4, -0.2) is 46.2 Å². The second-order valence-electron chi connectivity index (χ2n) is 7.48. The minimum absolute atomic E-state index is 0.0244. The lowest BCUT2D eigenvalue weighted by Crippen LogP contribution is -2.46. The van der Waals surface area contributed by atoms with Gasteiger partial charge in [-0.25, -0.2) is 9.78 Å². The molecule has 2 aliphatic rings. The summed E-state index contributed by atoms with van der Waals surface area (Å²) in [5.41, 5.74) is 1.58. The fourth-order valence-electron chi connectivity index (χ4n) is 3.76. The number of aromatic nitrogens is 3. The first-order chi connectivity index (χ1) is 14.4. The maximum Gasteiger partial charge on any atom is 0.408 e. The molecular formula is C19H22F3N5O3. The van der Waals surface area contributed by atoms with Crippen molar-refractivity contribution >= 4 is 17.6 Å². The average Bonchev–Trinajstić information content (AvgIpc) is 3.32. The SMILES string of the molecule is O=C1N[C@H](C(F)(F)F)CCCOc2cc(ccn2)Nc2cc([nH]n2)[C@H]2CC[C@H](C2)O1. The largest absolute Gasteiger partial charge is 0.478 e. The summed E-state index contributed by atoms with van der Waals surface area (Å²) < 4.78 is 50.6. The topological polar surface area (TPSA) is 101 Å². The van der Waals surface area contributed by atoms with Gasteiger partial charge in [0.25, 0.3) is 0 Å². The first-order valence-electron chi connectivity index (χ1n) is 9.82. The van der Waals surface area contributed by atoms with Gasteiger partial charge < -0.3 is 20.1 Å². The van der Waals surface area contributed by atoms with Gasteiger partial charge in [-0.3, -0.25) is 5.10 Å². The predicted octanol–water partition coefficient (Wildman–Crippen LogP) is 4.01. The summed E-state index contributed by atoms with van der Waals surface area (Å²) in [7, 11) is 0. The number of alkyl halides is 3. The molecule has 0 radical (unpaired) electrons. The number of nitrogens with zero attached hydrogens (tertiary/aromatic N) is 2. The third kappa shape index (κ3) is 4.95. The maximum atomic E-state index is 13.3. The molecular weight excluding hydrogens is 403 g/mol. The zero-order chi connectivity index (χ0) is 21.1. The van der Waals surface area contributed by atoms with Crippen molar-refractivity contribution in [2.75, 3.05) is 11.9 Å². The van der Waals surface area contributed by atoms with E-state index in [9.17, 15) is 18.0 Å². The molecule has 162 valence electrons. The monoisotopic (exact) mass is 425 g/mol. The Morgan fingerprint density at radius 3 is 2.87 bits per heavy atom. The van der Waals surface area contributed by atoms with Crippen molar-refractivity contribution in [2.24, 2.45) is 0 Å². The zero-order valence-electron chi connectivity index (χ0n) is 16.0. The van der Waals surface area contributed by atoms with Crippen LogP contribution in [0.15, 0.2) is 24.4 Å². The highest BCUT2D eigenvalue weighted by Crippen LogP contribution is 2.36. The van der Waals surface area contributed by atoms with Crippen LogP contribution in [-0.2, 0) is 4.74 Å². The number of nitrogens with one attached hydrogen (secondary N) is 3. The number of halogens is 3. The van der Waals surface area contributed by atoms with Gasteiger partial charge in [0.2, 0.25) is 5.88 Å². The van der Waals surface area contributed by atoms with Crippen molar-refractivity contribution in [3.63, 3.8) is 0 Å². The van der Waals surface area contributed by atoms with E-state index < -0.39 is 24.4 Å². The fraction of sp³-hybridized carbons (Fsp3) is 0.526. The van der Waals surface area contributed by atoms with Gasteiger partial charge in [0.15, 0.2) is 5.82 Å². The van der Waals surface area contributed by atoms with Crippen LogP contribution in [0.2, 0.25) is 0 Å². The molecule has 3 N–H and O–H groups in total. The normalized spacial score (nSPS) is 25.2. The van der Waals surface area contributed by atoms with E-state index in [2.05, 4.69) is 20.5 Å².